The number of hydrogen-bond donors (Lipinski definition) is 2. The number of aromatic nitrogens is 4. The van der Waals surface area contributed by atoms with Crippen molar-refractivity contribution in [3.05, 3.63) is 29.3 Å². The number of nitrogens with one attached hydrogen (secondary N) is 1. The van der Waals surface area contributed by atoms with Crippen LogP contribution in [0.2, 0.25) is 5.02 Å². The van der Waals surface area contributed by atoms with Gasteiger partial charge < -0.3 is 11.1 Å². The predicted molar refractivity (Wildman–Crippen MR) is 66.9 cm³/mol. The number of nitrogen functional groups attached to an aromatic ring is 1. The molecule has 0 bridgehead atoms. The van der Waals surface area contributed by atoms with E-state index in [1.807, 2.05) is 19.4 Å². The minimum absolute atomic E-state index is 0.283. The molecule has 0 saturated heterocycles. The summed E-state index contributed by atoms with van der Waals surface area (Å²) >= 11 is 5.95. The molecule has 3 N–H and O–H groups in total. The number of rotatable bonds is 4. The van der Waals surface area contributed by atoms with Crippen molar-refractivity contribution in [2.45, 2.75) is 6.42 Å². The average molecular weight is 253 g/mol. The quantitative estimate of drug-likeness (QED) is 0.852. The summed E-state index contributed by atoms with van der Waals surface area (Å²) in [5.74, 6) is 0.841. The van der Waals surface area contributed by atoms with Crippen molar-refractivity contribution in [3.63, 3.8) is 0 Å². The highest BCUT2D eigenvalue weighted by molar-refractivity contribution is 6.35. The van der Waals surface area contributed by atoms with E-state index in [1.165, 1.54) is 6.33 Å². The van der Waals surface area contributed by atoms with Gasteiger partial charge in [-0.05, 0) is 12.0 Å². The zero-order valence-electron chi connectivity index (χ0n) is 9.39. The molecule has 0 aliphatic carbocycles. The zero-order valence-corrected chi connectivity index (χ0v) is 10.1. The molecule has 0 aliphatic rings. The van der Waals surface area contributed by atoms with Gasteiger partial charge in [0, 0.05) is 19.8 Å². The lowest BCUT2D eigenvalue weighted by Crippen LogP contribution is -2.08. The van der Waals surface area contributed by atoms with Crippen molar-refractivity contribution >= 4 is 23.2 Å². The fraction of sp³-hybridized carbons (Fsp3) is 0.300. The van der Waals surface area contributed by atoms with Gasteiger partial charge in [0.2, 0.25) is 0 Å². The summed E-state index contributed by atoms with van der Waals surface area (Å²) in [6, 6.07) is 0. The van der Waals surface area contributed by atoms with Gasteiger partial charge in [0.25, 0.3) is 0 Å². The molecule has 0 amide bonds. The Balaban J connectivity index is 1.92. The van der Waals surface area contributed by atoms with Crippen LogP contribution in [0.15, 0.2) is 18.7 Å². The number of anilines is 2. The van der Waals surface area contributed by atoms with Crippen LogP contribution in [-0.4, -0.2) is 26.3 Å². The number of halogens is 1. The van der Waals surface area contributed by atoms with Crippen LogP contribution < -0.4 is 11.1 Å². The monoisotopic (exact) mass is 252 g/mol. The van der Waals surface area contributed by atoms with Crippen molar-refractivity contribution in [3.8, 4) is 0 Å². The number of nitrogens with two attached hydrogens (primary N) is 1. The van der Waals surface area contributed by atoms with Crippen LogP contribution in [0.3, 0.4) is 0 Å². The van der Waals surface area contributed by atoms with Crippen LogP contribution in [0, 0.1) is 0 Å². The first-order valence-corrected chi connectivity index (χ1v) is 5.52. The fourth-order valence-electron chi connectivity index (χ4n) is 1.43. The van der Waals surface area contributed by atoms with Gasteiger partial charge in [-0.25, -0.2) is 9.97 Å². The van der Waals surface area contributed by atoms with E-state index in [0.29, 0.717) is 17.4 Å². The summed E-state index contributed by atoms with van der Waals surface area (Å²) in [4.78, 5) is 7.81. The molecule has 90 valence electrons. The lowest BCUT2D eigenvalue weighted by molar-refractivity contribution is 0.767. The van der Waals surface area contributed by atoms with Gasteiger partial charge in [0.05, 0.1) is 6.20 Å². The third kappa shape index (κ3) is 2.85. The van der Waals surface area contributed by atoms with E-state index in [2.05, 4.69) is 20.4 Å². The second-order valence-electron chi connectivity index (χ2n) is 3.62. The minimum Gasteiger partial charge on any atom is -0.382 e. The van der Waals surface area contributed by atoms with Gasteiger partial charge in [-0.3, -0.25) is 4.68 Å². The first kappa shape index (κ1) is 11.7. The van der Waals surface area contributed by atoms with Crippen LogP contribution in [0.4, 0.5) is 11.6 Å². The predicted octanol–water partition coefficient (Wildman–Crippen LogP) is 1.10. The molecule has 0 aliphatic heterocycles. The third-order valence-electron chi connectivity index (χ3n) is 2.28. The highest BCUT2D eigenvalue weighted by atomic mass is 35.5. The van der Waals surface area contributed by atoms with E-state index in [0.717, 1.165) is 12.0 Å². The normalized spacial score (nSPS) is 10.5. The number of aryl methyl sites for hydroxylation is 1. The minimum atomic E-state index is 0.283. The molecule has 0 unspecified atom stereocenters. The lowest BCUT2D eigenvalue weighted by atomic mass is 10.2. The largest absolute Gasteiger partial charge is 0.382 e. The molecule has 6 nitrogen and oxygen atoms in total. The van der Waals surface area contributed by atoms with Gasteiger partial charge in [0.15, 0.2) is 0 Å². The molecule has 2 aromatic rings. The van der Waals surface area contributed by atoms with E-state index in [-0.39, 0.29) is 5.82 Å². The second kappa shape index (κ2) is 5.01. The van der Waals surface area contributed by atoms with Gasteiger partial charge >= 0.3 is 0 Å². The van der Waals surface area contributed by atoms with Crippen molar-refractivity contribution in [1.82, 2.24) is 19.7 Å². The van der Waals surface area contributed by atoms with Gasteiger partial charge in [-0.1, -0.05) is 11.6 Å². The summed E-state index contributed by atoms with van der Waals surface area (Å²) in [6.45, 7) is 0.710. The summed E-state index contributed by atoms with van der Waals surface area (Å²) in [5, 5.41) is 7.56. The van der Waals surface area contributed by atoms with Crippen LogP contribution in [0.1, 0.15) is 5.56 Å². The van der Waals surface area contributed by atoms with Crippen molar-refractivity contribution in [2.75, 3.05) is 17.6 Å². The van der Waals surface area contributed by atoms with Crippen molar-refractivity contribution in [1.29, 1.82) is 0 Å². The van der Waals surface area contributed by atoms with Crippen LogP contribution in [0.25, 0.3) is 0 Å². The topological polar surface area (TPSA) is 81.7 Å². The van der Waals surface area contributed by atoms with Gasteiger partial charge in [-0.15, -0.1) is 0 Å². The Morgan fingerprint density at radius 2 is 2.29 bits per heavy atom. The fourth-order valence-corrected chi connectivity index (χ4v) is 1.60. The number of nitrogens with zero attached hydrogens (tertiary/aromatic N) is 4. The van der Waals surface area contributed by atoms with Gasteiger partial charge in [-0.2, -0.15) is 5.10 Å². The third-order valence-corrected chi connectivity index (χ3v) is 2.65. The molecule has 7 heteroatoms. The van der Waals surface area contributed by atoms with Crippen molar-refractivity contribution in [2.24, 2.45) is 7.05 Å². The van der Waals surface area contributed by atoms with Crippen molar-refractivity contribution < 1.29 is 0 Å². The highest BCUT2D eigenvalue weighted by Gasteiger charge is 2.05. The lowest BCUT2D eigenvalue weighted by Gasteiger charge is -2.06. The van der Waals surface area contributed by atoms with Crippen LogP contribution in [0.5, 0.6) is 0 Å². The molecule has 0 radical (unpaired) electrons. The zero-order chi connectivity index (χ0) is 12.3. The molecule has 2 aromatic heterocycles. The Morgan fingerprint density at radius 3 is 3.00 bits per heavy atom. The number of hydrogen-bond acceptors (Lipinski definition) is 5. The molecule has 0 saturated carbocycles. The molecular weight excluding hydrogens is 240 g/mol. The van der Waals surface area contributed by atoms with E-state index in [1.54, 1.807) is 4.68 Å². The first-order chi connectivity index (χ1) is 8.16. The average Bonchev–Trinajstić information content (AvgIpc) is 2.70. The standard InChI is InChI=1S/C10H13ClN6/c1-17-5-7(4-16-17)2-3-13-10-8(11)9(12)14-6-15-10/h4-6H,2-3H2,1H3,(H3,12,13,14,15). The SMILES string of the molecule is Cn1cc(CCNc2ncnc(N)c2Cl)cn1. The maximum absolute atomic E-state index is 5.95. The van der Waals surface area contributed by atoms with E-state index >= 15 is 0 Å². The first-order valence-electron chi connectivity index (χ1n) is 5.14. The molecule has 2 rings (SSSR count). The molecule has 17 heavy (non-hydrogen) atoms. The van der Waals surface area contributed by atoms with Gasteiger partial charge in [0.1, 0.15) is 23.0 Å². The van der Waals surface area contributed by atoms with Crippen LogP contribution >= 0.6 is 11.6 Å². The smallest absolute Gasteiger partial charge is 0.150 e. The Labute approximate surface area is 104 Å². The Kier molecular flexibility index (Phi) is 3.43. The van der Waals surface area contributed by atoms with E-state index < -0.39 is 0 Å². The molecular formula is C10H13ClN6. The maximum Gasteiger partial charge on any atom is 0.150 e. The summed E-state index contributed by atoms with van der Waals surface area (Å²) in [5.41, 5.74) is 6.72. The summed E-state index contributed by atoms with van der Waals surface area (Å²) in [7, 11) is 1.89. The second-order valence-corrected chi connectivity index (χ2v) is 4.00. The highest BCUT2D eigenvalue weighted by Crippen LogP contribution is 2.22. The molecule has 0 aromatic carbocycles. The summed E-state index contributed by atoms with van der Waals surface area (Å²) < 4.78 is 1.77. The van der Waals surface area contributed by atoms with Crippen LogP contribution in [-0.2, 0) is 13.5 Å². The Hall–Kier alpha value is -1.82. The van der Waals surface area contributed by atoms with E-state index in [4.69, 9.17) is 17.3 Å². The van der Waals surface area contributed by atoms with E-state index in [9.17, 15) is 0 Å². The Morgan fingerprint density at radius 1 is 1.47 bits per heavy atom. The Bertz CT molecular complexity index is 509. The molecule has 0 fully saturated rings. The summed E-state index contributed by atoms with van der Waals surface area (Å²) in [6.07, 6.45) is 6.02. The molecule has 2 heterocycles. The maximum atomic E-state index is 5.95. The molecule has 0 atom stereocenters. The molecule has 0 spiro atoms.